The van der Waals surface area contributed by atoms with Crippen molar-refractivity contribution in [3.8, 4) is 5.75 Å². The lowest BCUT2D eigenvalue weighted by atomic mass is 9.49. The molecule has 13 nitrogen and oxygen atoms in total. The number of hydrogen-bond acceptors (Lipinski definition) is 13. The quantitative estimate of drug-likeness (QED) is 0.108. The van der Waals surface area contributed by atoms with Gasteiger partial charge in [-0.25, -0.2) is 0 Å². The van der Waals surface area contributed by atoms with Gasteiger partial charge in [-0.15, -0.1) is 0 Å². The summed E-state index contributed by atoms with van der Waals surface area (Å²) in [4.78, 5) is 22.5. The molecule has 0 aromatic heterocycles. The van der Waals surface area contributed by atoms with Crippen LogP contribution >= 0.6 is 0 Å². The van der Waals surface area contributed by atoms with E-state index in [-0.39, 0.29) is 46.4 Å². The van der Waals surface area contributed by atoms with Gasteiger partial charge in [0.25, 0.3) is 0 Å². The molecule has 0 spiro atoms. The van der Waals surface area contributed by atoms with Crippen LogP contribution in [0.15, 0.2) is 24.3 Å². The fraction of sp³-hybridized carbons (Fsp3) is 0.641. The third-order valence-electron chi connectivity index (χ3n) is 11.4. The number of rotatable bonds is 10. The maximum Gasteiger partial charge on any atom is 0.534 e. The predicted molar refractivity (Wildman–Crippen MR) is 218 cm³/mol. The number of alkyl halides is 3. The van der Waals surface area contributed by atoms with Gasteiger partial charge in [-0.05, 0) is 125 Å². The van der Waals surface area contributed by atoms with Crippen LogP contribution in [-0.2, 0) is 60.7 Å². The van der Waals surface area contributed by atoms with E-state index in [4.69, 9.17) is 37.4 Å². The van der Waals surface area contributed by atoms with Crippen LogP contribution in [0, 0.1) is 13.8 Å². The Labute approximate surface area is 348 Å². The molecule has 328 valence electrons. The number of aryl methyl sites for hydroxylation is 2. The van der Waals surface area contributed by atoms with Gasteiger partial charge in [-0.2, -0.15) is 21.6 Å². The van der Waals surface area contributed by atoms with Crippen molar-refractivity contribution >= 4 is 49.3 Å². The fourth-order valence-electron chi connectivity index (χ4n) is 5.97. The Hall–Kier alpha value is -2.81. The van der Waals surface area contributed by atoms with Crippen LogP contribution in [0.25, 0.3) is 0 Å². The molecule has 0 N–H and O–H groups in total. The lowest BCUT2D eigenvalue weighted by molar-refractivity contribution is -0.0500. The zero-order valence-corrected chi connectivity index (χ0v) is 37.8. The molecule has 0 unspecified atom stereocenters. The normalized spacial score (nSPS) is 21.0. The molecule has 3 aliphatic heterocycles. The molecule has 2 aromatic carbocycles. The largest absolute Gasteiger partial charge is 0.534 e. The summed E-state index contributed by atoms with van der Waals surface area (Å²) in [5.74, 6) is -0.677. The first-order chi connectivity index (χ1) is 26.7. The van der Waals surface area contributed by atoms with Crippen LogP contribution in [0.1, 0.15) is 126 Å². The van der Waals surface area contributed by atoms with E-state index in [0.717, 1.165) is 28.9 Å². The van der Waals surface area contributed by atoms with E-state index in [1.807, 2.05) is 102 Å². The average molecular weight is 856 g/mol. The minimum absolute atomic E-state index is 0.0713. The van der Waals surface area contributed by atoms with Crippen LogP contribution in [0.4, 0.5) is 13.2 Å². The van der Waals surface area contributed by atoms with Gasteiger partial charge >= 0.3 is 36.8 Å². The second kappa shape index (κ2) is 17.9. The summed E-state index contributed by atoms with van der Waals surface area (Å²) >= 11 is 0. The maximum atomic E-state index is 12.3. The van der Waals surface area contributed by atoms with Crippen molar-refractivity contribution in [2.75, 3.05) is 14.2 Å². The number of halogens is 3. The molecule has 20 heteroatoms. The monoisotopic (exact) mass is 856 g/mol. The van der Waals surface area contributed by atoms with E-state index in [2.05, 4.69) is 4.18 Å². The minimum atomic E-state index is -5.83. The second-order valence-electron chi connectivity index (χ2n) is 17.7. The van der Waals surface area contributed by atoms with Gasteiger partial charge in [0.1, 0.15) is 6.29 Å². The topological polar surface area (TPSA) is 151 Å². The van der Waals surface area contributed by atoms with Crippen molar-refractivity contribution in [1.29, 1.82) is 0 Å². The highest BCUT2D eigenvalue weighted by molar-refractivity contribution is 7.88. The summed E-state index contributed by atoms with van der Waals surface area (Å²) < 4.78 is 109. The summed E-state index contributed by atoms with van der Waals surface area (Å²) in [5, 5.41) is 0. The third kappa shape index (κ3) is 11.2. The third-order valence-corrected chi connectivity index (χ3v) is 12.4. The number of aldehydes is 2. The zero-order valence-electron chi connectivity index (χ0n) is 37.0. The molecule has 0 radical (unpaired) electrons. The Morgan fingerprint density at radius 3 is 1.27 bits per heavy atom. The van der Waals surface area contributed by atoms with E-state index in [1.54, 1.807) is 7.11 Å². The fourth-order valence-corrected chi connectivity index (χ4v) is 6.43. The van der Waals surface area contributed by atoms with Crippen LogP contribution < -0.4 is 9.65 Å². The van der Waals surface area contributed by atoms with Gasteiger partial charge in [0.2, 0.25) is 0 Å². The summed E-state index contributed by atoms with van der Waals surface area (Å²) in [6.07, 6.45) is 1.07. The highest BCUT2D eigenvalue weighted by atomic mass is 32.2. The molecule has 0 aliphatic carbocycles. The van der Waals surface area contributed by atoms with E-state index in [9.17, 15) is 31.2 Å². The molecular weight excluding hydrogens is 798 g/mol. The van der Waals surface area contributed by atoms with Crippen molar-refractivity contribution < 1.29 is 72.8 Å². The molecule has 0 saturated carbocycles. The molecule has 2 aromatic rings. The molecule has 5 rings (SSSR count). The first kappa shape index (κ1) is 50.6. The lowest BCUT2D eigenvalue weighted by Crippen LogP contribution is -2.41. The number of benzene rings is 2. The Morgan fingerprint density at radius 2 is 0.932 bits per heavy atom. The molecule has 3 saturated heterocycles. The maximum absolute atomic E-state index is 12.3. The van der Waals surface area contributed by atoms with Gasteiger partial charge in [0.05, 0.1) is 52.4 Å². The standard InChI is InChI=1S/C16H23BO4.C12H24B2O4.C11H11F3O5S/c1-11-7-12(10-19-6)13(9-18)14(8-11)17-20-15(2,3)16(4,5)21-17;1-9(2)10(3,4)16-13(15-9)14-17-11(5,6)12(7,8)18-14;1-7-3-8(6-18-2)9(5-15)10(4-7)19-20(16,17)11(12,13)14/h7-9H,10H2,1-6H3;1-8H3;3-5H,6H2,1-2H3. The van der Waals surface area contributed by atoms with Crippen molar-refractivity contribution in [1.82, 2.24) is 0 Å². The van der Waals surface area contributed by atoms with Crippen molar-refractivity contribution in [3.63, 3.8) is 0 Å². The van der Waals surface area contributed by atoms with Crippen LogP contribution in [-0.4, -0.2) is 95.5 Å². The minimum Gasteiger partial charge on any atom is -0.405 e. The first-order valence-corrected chi connectivity index (χ1v) is 20.4. The van der Waals surface area contributed by atoms with E-state index >= 15 is 0 Å². The molecule has 3 aliphatic rings. The second-order valence-corrected chi connectivity index (χ2v) is 19.2. The Balaban J connectivity index is 0.000000237. The number of carbonyl (C=O) groups excluding carboxylic acids is 2. The van der Waals surface area contributed by atoms with Gasteiger partial charge in [0.15, 0.2) is 12.0 Å². The van der Waals surface area contributed by atoms with Gasteiger partial charge < -0.3 is 41.6 Å². The summed E-state index contributed by atoms with van der Waals surface area (Å²) in [5.41, 5.74) is -4.23. The van der Waals surface area contributed by atoms with Gasteiger partial charge in [-0.3, -0.25) is 9.59 Å². The highest BCUT2D eigenvalue weighted by Gasteiger charge is 2.64. The summed E-state index contributed by atoms with van der Waals surface area (Å²) in [6, 6.07) is 6.43. The summed E-state index contributed by atoms with van der Waals surface area (Å²) in [7, 11) is -4.38. The number of methoxy groups -OCH3 is 2. The molecule has 0 atom stereocenters. The van der Waals surface area contributed by atoms with Gasteiger partial charge in [-0.1, -0.05) is 23.8 Å². The lowest BCUT2D eigenvalue weighted by Gasteiger charge is -2.32. The molecular formula is C39H58B3F3O13S. The Bertz CT molecular complexity index is 1870. The van der Waals surface area contributed by atoms with E-state index < -0.39 is 53.7 Å². The predicted octanol–water partition coefficient (Wildman–Crippen LogP) is 6.68. The molecule has 59 heavy (non-hydrogen) atoms. The molecule has 0 amide bonds. The Kier molecular flexibility index (Phi) is 15.3. The van der Waals surface area contributed by atoms with Crippen molar-refractivity contribution in [2.24, 2.45) is 0 Å². The molecule has 3 fully saturated rings. The van der Waals surface area contributed by atoms with Crippen LogP contribution in [0.2, 0.25) is 0 Å². The van der Waals surface area contributed by atoms with Crippen LogP contribution in [0.5, 0.6) is 5.75 Å². The summed E-state index contributed by atoms with van der Waals surface area (Å²) in [6.45, 7) is 28.0. The molecule has 0 bridgehead atoms. The zero-order chi connectivity index (χ0) is 45.4. The van der Waals surface area contributed by atoms with E-state index in [1.165, 1.54) is 20.1 Å². The molecule has 3 heterocycles. The first-order valence-electron chi connectivity index (χ1n) is 18.9. The SMILES string of the molecule is CC1(C)OB(B2OC(C)(C)C(C)(C)O2)OC1(C)C.COCc1cc(C)cc(B2OC(C)(C)C(C)(C)O2)c1C=O.COCc1cc(C)cc(OS(=O)(=O)C(F)(F)F)c1C=O. The van der Waals surface area contributed by atoms with Gasteiger partial charge in [0, 0.05) is 19.8 Å². The van der Waals surface area contributed by atoms with E-state index in [0.29, 0.717) is 17.7 Å². The van der Waals surface area contributed by atoms with Crippen molar-refractivity contribution in [2.45, 2.75) is 149 Å². The Morgan fingerprint density at radius 1 is 0.593 bits per heavy atom. The van der Waals surface area contributed by atoms with Crippen molar-refractivity contribution in [3.05, 3.63) is 57.6 Å². The smallest absolute Gasteiger partial charge is 0.405 e. The highest BCUT2D eigenvalue weighted by Crippen LogP contribution is 2.43. The average Bonchev–Trinajstić information content (AvgIpc) is 3.53. The number of carbonyl (C=O) groups is 2. The number of hydrogen-bond donors (Lipinski definition) is 0. The number of ether oxygens (including phenoxy) is 2. The van der Waals surface area contributed by atoms with Crippen LogP contribution in [0.3, 0.4) is 0 Å².